The van der Waals surface area contributed by atoms with Gasteiger partial charge in [0.25, 0.3) is 0 Å². The molecule has 2 rings (SSSR count). The molecular weight excluding hydrogens is 196 g/mol. The molecule has 1 saturated heterocycles. The standard InChI is InChI=1S/C14H22N2/c1-15(14-8-4-2-5-9-14)12-13-16-10-6-3-7-11-16/h2,4-5,8-9H,3,6-7,10-13H2,1H3. The summed E-state index contributed by atoms with van der Waals surface area (Å²) in [5.41, 5.74) is 1.32. The van der Waals surface area contributed by atoms with E-state index in [0.29, 0.717) is 0 Å². The van der Waals surface area contributed by atoms with Crippen molar-refractivity contribution in [3.05, 3.63) is 30.3 Å². The van der Waals surface area contributed by atoms with E-state index in [1.165, 1.54) is 44.6 Å². The molecule has 0 unspecified atom stereocenters. The van der Waals surface area contributed by atoms with E-state index in [1.807, 2.05) is 0 Å². The molecule has 0 spiro atoms. The summed E-state index contributed by atoms with van der Waals surface area (Å²) in [5.74, 6) is 0. The van der Waals surface area contributed by atoms with Gasteiger partial charge in [-0.25, -0.2) is 0 Å². The van der Waals surface area contributed by atoms with Gasteiger partial charge in [-0.1, -0.05) is 24.6 Å². The van der Waals surface area contributed by atoms with Gasteiger partial charge in [-0.2, -0.15) is 0 Å². The predicted octanol–water partition coefficient (Wildman–Crippen LogP) is 2.61. The van der Waals surface area contributed by atoms with Crippen LogP contribution in [0, 0.1) is 0 Å². The van der Waals surface area contributed by atoms with Crippen molar-refractivity contribution in [3.63, 3.8) is 0 Å². The van der Waals surface area contributed by atoms with Crippen molar-refractivity contribution in [2.45, 2.75) is 19.3 Å². The van der Waals surface area contributed by atoms with Crippen molar-refractivity contribution in [1.29, 1.82) is 0 Å². The molecule has 0 radical (unpaired) electrons. The van der Waals surface area contributed by atoms with Crippen LogP contribution in [0.4, 0.5) is 5.69 Å². The molecule has 0 amide bonds. The zero-order valence-corrected chi connectivity index (χ0v) is 10.2. The fraction of sp³-hybridized carbons (Fsp3) is 0.571. The molecule has 0 aromatic heterocycles. The minimum Gasteiger partial charge on any atom is -0.373 e. The lowest BCUT2D eigenvalue weighted by Crippen LogP contribution is -2.36. The third-order valence-corrected chi connectivity index (χ3v) is 3.40. The Balaban J connectivity index is 1.77. The van der Waals surface area contributed by atoms with Crippen LogP contribution in [-0.4, -0.2) is 38.1 Å². The van der Waals surface area contributed by atoms with Gasteiger partial charge in [-0.15, -0.1) is 0 Å². The Morgan fingerprint density at radius 2 is 1.75 bits per heavy atom. The smallest absolute Gasteiger partial charge is 0.0364 e. The second-order valence-electron chi connectivity index (χ2n) is 4.66. The number of hydrogen-bond donors (Lipinski definition) is 0. The molecule has 1 aromatic carbocycles. The van der Waals surface area contributed by atoms with Gasteiger partial charge < -0.3 is 9.80 Å². The van der Waals surface area contributed by atoms with Crippen molar-refractivity contribution in [3.8, 4) is 0 Å². The Labute approximate surface area is 98.9 Å². The molecule has 1 aromatic rings. The van der Waals surface area contributed by atoms with Crippen LogP contribution < -0.4 is 4.90 Å². The summed E-state index contributed by atoms with van der Waals surface area (Å²) in [5, 5.41) is 0. The fourth-order valence-electron chi connectivity index (χ4n) is 2.29. The summed E-state index contributed by atoms with van der Waals surface area (Å²) in [7, 11) is 2.18. The van der Waals surface area contributed by atoms with E-state index in [-0.39, 0.29) is 0 Å². The normalized spacial score (nSPS) is 17.3. The summed E-state index contributed by atoms with van der Waals surface area (Å²) in [6, 6.07) is 10.6. The van der Waals surface area contributed by atoms with Gasteiger partial charge in [0.1, 0.15) is 0 Å². The third-order valence-electron chi connectivity index (χ3n) is 3.40. The van der Waals surface area contributed by atoms with Crippen molar-refractivity contribution < 1.29 is 0 Å². The van der Waals surface area contributed by atoms with E-state index >= 15 is 0 Å². The number of likely N-dealkylation sites (tertiary alicyclic amines) is 1. The summed E-state index contributed by atoms with van der Waals surface area (Å²) < 4.78 is 0. The molecule has 2 nitrogen and oxygen atoms in total. The summed E-state index contributed by atoms with van der Waals surface area (Å²) in [4.78, 5) is 4.93. The molecule has 0 aliphatic carbocycles. The van der Waals surface area contributed by atoms with Crippen LogP contribution in [0.15, 0.2) is 30.3 Å². The van der Waals surface area contributed by atoms with Crippen LogP contribution in [0.3, 0.4) is 0 Å². The lowest BCUT2D eigenvalue weighted by Gasteiger charge is -2.29. The van der Waals surface area contributed by atoms with Gasteiger partial charge in [0.05, 0.1) is 0 Å². The summed E-state index contributed by atoms with van der Waals surface area (Å²) in [6.45, 7) is 4.92. The number of likely N-dealkylation sites (N-methyl/N-ethyl adjacent to an activating group) is 1. The van der Waals surface area contributed by atoms with Crippen LogP contribution in [0.2, 0.25) is 0 Å². The first-order chi connectivity index (χ1) is 7.86. The van der Waals surface area contributed by atoms with Gasteiger partial charge >= 0.3 is 0 Å². The Bertz CT molecular complexity index is 291. The summed E-state index contributed by atoms with van der Waals surface area (Å²) in [6.07, 6.45) is 4.19. The highest BCUT2D eigenvalue weighted by atomic mass is 15.2. The third kappa shape index (κ3) is 3.24. The monoisotopic (exact) mass is 218 g/mol. The molecule has 1 heterocycles. The summed E-state index contributed by atoms with van der Waals surface area (Å²) >= 11 is 0. The van der Waals surface area contributed by atoms with Crippen molar-refractivity contribution >= 4 is 5.69 Å². The minimum atomic E-state index is 1.13. The molecule has 1 aliphatic heterocycles. The molecule has 0 saturated carbocycles. The van der Waals surface area contributed by atoms with Gasteiger partial charge in [-0.3, -0.25) is 0 Å². The van der Waals surface area contributed by atoms with Crippen molar-refractivity contribution in [2.75, 3.05) is 38.1 Å². The topological polar surface area (TPSA) is 6.48 Å². The van der Waals surface area contributed by atoms with Gasteiger partial charge in [0, 0.05) is 25.8 Å². The minimum absolute atomic E-state index is 1.13. The second kappa shape index (κ2) is 5.90. The highest BCUT2D eigenvalue weighted by Gasteiger charge is 2.10. The highest BCUT2D eigenvalue weighted by molar-refractivity contribution is 5.44. The number of piperidine rings is 1. The van der Waals surface area contributed by atoms with Crippen LogP contribution in [0.25, 0.3) is 0 Å². The lowest BCUT2D eigenvalue weighted by molar-refractivity contribution is 0.234. The number of hydrogen-bond acceptors (Lipinski definition) is 2. The number of benzene rings is 1. The molecule has 88 valence electrons. The van der Waals surface area contributed by atoms with Crippen LogP contribution in [0.1, 0.15) is 19.3 Å². The fourth-order valence-corrected chi connectivity index (χ4v) is 2.29. The van der Waals surface area contributed by atoms with E-state index in [4.69, 9.17) is 0 Å². The van der Waals surface area contributed by atoms with Crippen LogP contribution >= 0.6 is 0 Å². The molecule has 16 heavy (non-hydrogen) atoms. The predicted molar refractivity (Wildman–Crippen MR) is 70.0 cm³/mol. The Kier molecular flexibility index (Phi) is 4.23. The quantitative estimate of drug-likeness (QED) is 0.766. The van der Waals surface area contributed by atoms with Gasteiger partial charge in [0.15, 0.2) is 0 Å². The maximum Gasteiger partial charge on any atom is 0.0364 e. The maximum atomic E-state index is 2.59. The number of anilines is 1. The van der Waals surface area contributed by atoms with E-state index in [1.54, 1.807) is 0 Å². The molecule has 2 heteroatoms. The average molecular weight is 218 g/mol. The van der Waals surface area contributed by atoms with E-state index in [2.05, 4.69) is 47.2 Å². The SMILES string of the molecule is CN(CCN1CCCCC1)c1ccccc1. The average Bonchev–Trinajstić information content (AvgIpc) is 2.38. The van der Waals surface area contributed by atoms with E-state index in [0.717, 1.165) is 6.54 Å². The Hall–Kier alpha value is -1.02. The molecule has 0 bridgehead atoms. The van der Waals surface area contributed by atoms with Crippen molar-refractivity contribution in [2.24, 2.45) is 0 Å². The Morgan fingerprint density at radius 1 is 1.06 bits per heavy atom. The first kappa shape index (κ1) is 11.5. The first-order valence-electron chi connectivity index (χ1n) is 6.35. The molecule has 1 aliphatic rings. The van der Waals surface area contributed by atoms with E-state index < -0.39 is 0 Å². The number of nitrogens with zero attached hydrogens (tertiary/aromatic N) is 2. The lowest BCUT2D eigenvalue weighted by atomic mass is 10.1. The highest BCUT2D eigenvalue weighted by Crippen LogP contribution is 2.12. The molecule has 0 N–H and O–H groups in total. The van der Waals surface area contributed by atoms with Crippen LogP contribution in [-0.2, 0) is 0 Å². The Morgan fingerprint density at radius 3 is 2.44 bits per heavy atom. The second-order valence-corrected chi connectivity index (χ2v) is 4.66. The van der Waals surface area contributed by atoms with E-state index in [9.17, 15) is 0 Å². The van der Waals surface area contributed by atoms with Gasteiger partial charge in [0.2, 0.25) is 0 Å². The van der Waals surface area contributed by atoms with Crippen LogP contribution in [0.5, 0.6) is 0 Å². The number of rotatable bonds is 4. The first-order valence-corrected chi connectivity index (χ1v) is 6.35. The van der Waals surface area contributed by atoms with Gasteiger partial charge in [-0.05, 0) is 38.1 Å². The number of para-hydroxylation sites is 1. The maximum absolute atomic E-state index is 2.59. The molecule has 0 atom stereocenters. The van der Waals surface area contributed by atoms with Crippen molar-refractivity contribution in [1.82, 2.24) is 4.90 Å². The largest absolute Gasteiger partial charge is 0.373 e. The molecule has 1 fully saturated rings. The zero-order valence-electron chi connectivity index (χ0n) is 10.2. The zero-order chi connectivity index (χ0) is 11.2. The molecular formula is C14H22N2.